The van der Waals surface area contributed by atoms with E-state index in [4.69, 9.17) is 10.7 Å². The van der Waals surface area contributed by atoms with Crippen LogP contribution in [0.2, 0.25) is 0 Å². The fourth-order valence-corrected chi connectivity index (χ4v) is 3.82. The van der Waals surface area contributed by atoms with Crippen LogP contribution in [-0.4, -0.2) is 11.5 Å². The van der Waals surface area contributed by atoms with Gasteiger partial charge in [0.1, 0.15) is 5.01 Å². The molecule has 0 saturated heterocycles. The lowest BCUT2D eigenvalue weighted by Crippen LogP contribution is -2.17. The van der Waals surface area contributed by atoms with Crippen molar-refractivity contribution in [1.82, 2.24) is 4.98 Å². The third kappa shape index (κ3) is 2.08. The van der Waals surface area contributed by atoms with Crippen molar-refractivity contribution in [2.45, 2.75) is 32.1 Å². The first-order chi connectivity index (χ1) is 8.78. The van der Waals surface area contributed by atoms with E-state index in [0.717, 1.165) is 11.6 Å². The predicted octanol–water partition coefficient (Wildman–Crippen LogP) is 3.50. The lowest BCUT2D eigenvalue weighted by Gasteiger charge is -2.18. The van der Waals surface area contributed by atoms with Gasteiger partial charge in [0.15, 0.2) is 0 Å². The second-order valence-electron chi connectivity index (χ2n) is 5.02. The molecule has 3 rings (SSSR count). The van der Waals surface area contributed by atoms with E-state index in [2.05, 4.69) is 31.2 Å². The minimum absolute atomic E-state index is 0.476. The molecule has 94 valence electrons. The molecule has 0 saturated carbocycles. The average Bonchev–Trinajstić information content (AvgIpc) is 2.82. The SMILES string of the molecule is Cc1cccc(-c2nc3c(s2)CCCC3CN)c1. The van der Waals surface area contributed by atoms with Gasteiger partial charge in [-0.1, -0.05) is 23.8 Å². The van der Waals surface area contributed by atoms with E-state index in [0.29, 0.717) is 5.92 Å². The van der Waals surface area contributed by atoms with E-state index in [-0.39, 0.29) is 0 Å². The van der Waals surface area contributed by atoms with Gasteiger partial charge in [0.2, 0.25) is 0 Å². The van der Waals surface area contributed by atoms with Crippen LogP contribution in [0.3, 0.4) is 0 Å². The molecule has 18 heavy (non-hydrogen) atoms. The molecule has 1 heterocycles. The van der Waals surface area contributed by atoms with Gasteiger partial charge in [0.05, 0.1) is 5.69 Å². The highest BCUT2D eigenvalue weighted by molar-refractivity contribution is 7.15. The van der Waals surface area contributed by atoms with Crippen molar-refractivity contribution in [3.8, 4) is 10.6 Å². The van der Waals surface area contributed by atoms with Gasteiger partial charge < -0.3 is 5.73 Å². The van der Waals surface area contributed by atoms with E-state index in [1.165, 1.54) is 41.0 Å². The third-order valence-corrected chi connectivity index (χ3v) is 4.80. The molecular weight excluding hydrogens is 240 g/mol. The van der Waals surface area contributed by atoms with Crippen molar-refractivity contribution in [2.24, 2.45) is 5.73 Å². The van der Waals surface area contributed by atoms with Crippen LogP contribution >= 0.6 is 11.3 Å². The first kappa shape index (κ1) is 11.9. The molecule has 0 bridgehead atoms. The number of thiazole rings is 1. The molecule has 0 spiro atoms. The number of nitrogens with zero attached hydrogens (tertiary/aromatic N) is 1. The highest BCUT2D eigenvalue weighted by Gasteiger charge is 2.23. The Bertz CT molecular complexity index is 559. The van der Waals surface area contributed by atoms with Crippen molar-refractivity contribution in [2.75, 3.05) is 6.54 Å². The van der Waals surface area contributed by atoms with Crippen LogP contribution in [0.25, 0.3) is 10.6 Å². The van der Waals surface area contributed by atoms with Crippen molar-refractivity contribution in [3.05, 3.63) is 40.4 Å². The van der Waals surface area contributed by atoms with E-state index in [1.54, 1.807) is 0 Å². The Hall–Kier alpha value is -1.19. The fraction of sp³-hybridized carbons (Fsp3) is 0.400. The van der Waals surface area contributed by atoms with Crippen LogP contribution in [0.5, 0.6) is 0 Å². The maximum atomic E-state index is 5.85. The summed E-state index contributed by atoms with van der Waals surface area (Å²) in [5, 5.41) is 1.16. The van der Waals surface area contributed by atoms with Gasteiger partial charge in [-0.25, -0.2) is 4.98 Å². The molecule has 1 aromatic carbocycles. The molecular formula is C15H18N2S. The van der Waals surface area contributed by atoms with Crippen LogP contribution in [0.1, 0.15) is 34.9 Å². The summed E-state index contributed by atoms with van der Waals surface area (Å²) in [5.41, 5.74) is 9.65. The van der Waals surface area contributed by atoms with Crippen LogP contribution in [-0.2, 0) is 6.42 Å². The molecule has 1 atom stereocenters. The Morgan fingerprint density at radius 1 is 1.44 bits per heavy atom. The van der Waals surface area contributed by atoms with Gasteiger partial charge in [-0.3, -0.25) is 0 Å². The smallest absolute Gasteiger partial charge is 0.123 e. The first-order valence-corrected chi connectivity index (χ1v) is 7.36. The van der Waals surface area contributed by atoms with Crippen molar-refractivity contribution in [1.29, 1.82) is 0 Å². The fourth-order valence-electron chi connectivity index (χ4n) is 2.64. The normalized spacial score (nSPS) is 18.7. The summed E-state index contributed by atoms with van der Waals surface area (Å²) in [6.45, 7) is 2.85. The third-order valence-electron chi connectivity index (χ3n) is 3.62. The van der Waals surface area contributed by atoms with Crippen LogP contribution in [0, 0.1) is 6.92 Å². The van der Waals surface area contributed by atoms with Gasteiger partial charge >= 0.3 is 0 Å². The van der Waals surface area contributed by atoms with Gasteiger partial charge in [0.25, 0.3) is 0 Å². The van der Waals surface area contributed by atoms with Crippen LogP contribution in [0.15, 0.2) is 24.3 Å². The monoisotopic (exact) mass is 258 g/mol. The number of benzene rings is 1. The maximum Gasteiger partial charge on any atom is 0.123 e. The first-order valence-electron chi connectivity index (χ1n) is 6.54. The highest BCUT2D eigenvalue weighted by Crippen LogP contribution is 2.37. The zero-order chi connectivity index (χ0) is 12.5. The average molecular weight is 258 g/mol. The van der Waals surface area contributed by atoms with Gasteiger partial charge in [0, 0.05) is 22.9 Å². The van der Waals surface area contributed by atoms with Crippen LogP contribution in [0.4, 0.5) is 0 Å². The molecule has 2 nitrogen and oxygen atoms in total. The van der Waals surface area contributed by atoms with Gasteiger partial charge in [-0.05, 0) is 32.3 Å². The Morgan fingerprint density at radius 3 is 3.11 bits per heavy atom. The predicted molar refractivity (Wildman–Crippen MR) is 77.0 cm³/mol. The molecule has 2 aromatic rings. The topological polar surface area (TPSA) is 38.9 Å². The lowest BCUT2D eigenvalue weighted by atomic mass is 9.91. The molecule has 0 radical (unpaired) electrons. The van der Waals surface area contributed by atoms with Crippen molar-refractivity contribution >= 4 is 11.3 Å². The Kier molecular flexibility index (Phi) is 3.18. The highest BCUT2D eigenvalue weighted by atomic mass is 32.1. The number of aromatic nitrogens is 1. The number of fused-ring (bicyclic) bond motifs is 1. The second kappa shape index (κ2) is 4.82. The summed E-state index contributed by atoms with van der Waals surface area (Å²) in [6, 6.07) is 8.58. The standard InChI is InChI=1S/C15H18N2S/c1-10-4-2-5-11(8-10)15-17-14-12(9-16)6-3-7-13(14)18-15/h2,4-5,8,12H,3,6-7,9,16H2,1H3. The van der Waals surface area contributed by atoms with Gasteiger partial charge in [-0.15, -0.1) is 11.3 Å². The zero-order valence-corrected chi connectivity index (χ0v) is 11.5. The molecule has 0 amide bonds. The van der Waals surface area contributed by atoms with E-state index in [9.17, 15) is 0 Å². The Labute approximate surface area is 112 Å². The number of hydrogen-bond donors (Lipinski definition) is 1. The second-order valence-corrected chi connectivity index (χ2v) is 6.11. The van der Waals surface area contributed by atoms with Crippen LogP contribution < -0.4 is 5.73 Å². The molecule has 0 fully saturated rings. The zero-order valence-electron chi connectivity index (χ0n) is 10.6. The largest absolute Gasteiger partial charge is 0.330 e. The number of nitrogens with two attached hydrogens (primary N) is 1. The molecule has 1 unspecified atom stereocenters. The number of rotatable bonds is 2. The van der Waals surface area contributed by atoms with Gasteiger partial charge in [-0.2, -0.15) is 0 Å². The molecule has 1 aliphatic carbocycles. The summed E-state index contributed by atoms with van der Waals surface area (Å²) in [5.74, 6) is 0.476. The lowest BCUT2D eigenvalue weighted by molar-refractivity contribution is 0.554. The minimum atomic E-state index is 0.476. The summed E-state index contributed by atoms with van der Waals surface area (Å²) < 4.78 is 0. The minimum Gasteiger partial charge on any atom is -0.330 e. The quantitative estimate of drug-likeness (QED) is 0.895. The number of hydrogen-bond acceptors (Lipinski definition) is 3. The molecule has 1 aliphatic rings. The van der Waals surface area contributed by atoms with Crippen molar-refractivity contribution in [3.63, 3.8) is 0 Å². The summed E-state index contributed by atoms with van der Waals surface area (Å²) in [7, 11) is 0. The molecule has 1 aromatic heterocycles. The van der Waals surface area contributed by atoms with E-state index in [1.807, 2.05) is 11.3 Å². The summed E-state index contributed by atoms with van der Waals surface area (Å²) >= 11 is 1.85. The Morgan fingerprint density at radius 2 is 2.33 bits per heavy atom. The van der Waals surface area contributed by atoms with E-state index >= 15 is 0 Å². The molecule has 0 aliphatic heterocycles. The van der Waals surface area contributed by atoms with Crippen molar-refractivity contribution < 1.29 is 0 Å². The molecule has 2 N–H and O–H groups in total. The maximum absolute atomic E-state index is 5.85. The molecule has 3 heteroatoms. The Balaban J connectivity index is 2.02. The summed E-state index contributed by atoms with van der Waals surface area (Å²) in [6.07, 6.45) is 3.63. The number of aryl methyl sites for hydroxylation is 2. The summed E-state index contributed by atoms with van der Waals surface area (Å²) in [4.78, 5) is 6.30. The van der Waals surface area contributed by atoms with E-state index < -0.39 is 0 Å².